The Balaban J connectivity index is 1.43. The van der Waals surface area contributed by atoms with Crippen LogP contribution in [0.5, 0.6) is 5.75 Å². The molecule has 0 bridgehead atoms. The third-order valence-corrected chi connectivity index (χ3v) is 5.62. The predicted molar refractivity (Wildman–Crippen MR) is 118 cm³/mol. The van der Waals surface area contributed by atoms with Gasteiger partial charge >= 0.3 is 0 Å². The Morgan fingerprint density at radius 2 is 1.90 bits per heavy atom. The van der Waals surface area contributed by atoms with E-state index < -0.39 is 6.10 Å². The summed E-state index contributed by atoms with van der Waals surface area (Å²) in [5, 5.41) is 3.03. The van der Waals surface area contributed by atoms with Crippen molar-refractivity contribution in [3.8, 4) is 5.75 Å². The predicted octanol–water partition coefficient (Wildman–Crippen LogP) is 4.45. The molecule has 1 N–H and O–H groups in total. The van der Waals surface area contributed by atoms with E-state index in [2.05, 4.69) is 60.5 Å². The quantitative estimate of drug-likeness (QED) is 0.673. The number of aryl methyl sites for hydroxylation is 1. The molecule has 0 aromatic heterocycles. The monoisotopic (exact) mass is 394 g/mol. The lowest BCUT2D eigenvalue weighted by Crippen LogP contribution is -2.38. The largest absolute Gasteiger partial charge is 0.481 e. The number of hydrogen-bond acceptors (Lipinski definition) is 3. The molecule has 1 aliphatic heterocycles. The van der Waals surface area contributed by atoms with Gasteiger partial charge in [-0.1, -0.05) is 50.2 Å². The van der Waals surface area contributed by atoms with Crippen LogP contribution < -0.4 is 10.1 Å². The van der Waals surface area contributed by atoms with Gasteiger partial charge in [-0.15, -0.1) is 0 Å². The van der Waals surface area contributed by atoms with E-state index in [1.807, 2.05) is 19.9 Å². The van der Waals surface area contributed by atoms with Crippen LogP contribution in [0.15, 0.2) is 42.5 Å². The van der Waals surface area contributed by atoms with E-state index in [1.165, 1.54) is 11.1 Å². The summed E-state index contributed by atoms with van der Waals surface area (Å²) in [6.07, 6.45) is 1.56. The summed E-state index contributed by atoms with van der Waals surface area (Å²) in [5.41, 5.74) is 5.18. The summed E-state index contributed by atoms with van der Waals surface area (Å²) >= 11 is 0. The van der Waals surface area contributed by atoms with E-state index in [4.69, 9.17) is 4.74 Å². The summed E-state index contributed by atoms with van der Waals surface area (Å²) < 4.78 is 6.01. The van der Waals surface area contributed by atoms with Crippen molar-refractivity contribution < 1.29 is 9.53 Å². The van der Waals surface area contributed by atoms with Crippen molar-refractivity contribution in [3.05, 3.63) is 64.7 Å². The molecule has 3 rings (SSSR count). The average Bonchev–Trinajstić information content (AvgIpc) is 2.70. The summed E-state index contributed by atoms with van der Waals surface area (Å²) in [5.74, 6) is 1.12. The van der Waals surface area contributed by atoms with Crippen LogP contribution in [0.2, 0.25) is 0 Å². The number of fused-ring (bicyclic) bond motifs is 1. The number of carbonyl (C=O) groups is 1. The van der Waals surface area contributed by atoms with Gasteiger partial charge in [-0.3, -0.25) is 9.69 Å². The van der Waals surface area contributed by atoms with E-state index in [-0.39, 0.29) is 5.91 Å². The van der Waals surface area contributed by atoms with Crippen LogP contribution in [-0.4, -0.2) is 36.5 Å². The third-order valence-electron chi connectivity index (χ3n) is 5.62. The maximum Gasteiger partial charge on any atom is 0.260 e. The van der Waals surface area contributed by atoms with Gasteiger partial charge in [-0.25, -0.2) is 0 Å². The SMILES string of the molecule is Cc1ccc(C(C)C)c(O[C@H](C)C(=O)NCCCN2CCc3ccccc3C2)c1. The number of carbonyl (C=O) groups excluding carboxylic acids is 1. The van der Waals surface area contributed by atoms with Crippen molar-refractivity contribution in [3.63, 3.8) is 0 Å². The molecule has 1 amide bonds. The molecule has 0 unspecified atom stereocenters. The van der Waals surface area contributed by atoms with Gasteiger partial charge < -0.3 is 10.1 Å². The van der Waals surface area contributed by atoms with Crippen molar-refractivity contribution in [1.29, 1.82) is 0 Å². The minimum absolute atomic E-state index is 0.0507. The fourth-order valence-electron chi connectivity index (χ4n) is 3.87. The van der Waals surface area contributed by atoms with Gasteiger partial charge in [0, 0.05) is 26.2 Å². The zero-order valence-corrected chi connectivity index (χ0v) is 18.2. The standard InChI is InChI=1S/C25H34N2O2/c1-18(2)23-11-10-19(3)16-24(23)29-20(4)25(28)26-13-7-14-27-15-12-21-8-5-6-9-22(21)17-27/h5-6,8-11,16,18,20H,7,12-15,17H2,1-4H3,(H,26,28)/t20-/m1/s1. The summed E-state index contributed by atoms with van der Waals surface area (Å²) in [6, 6.07) is 14.9. The van der Waals surface area contributed by atoms with Crippen LogP contribution in [0, 0.1) is 6.92 Å². The molecule has 0 saturated carbocycles. The normalized spacial score (nSPS) is 15.1. The number of amides is 1. The first-order chi connectivity index (χ1) is 13.9. The Labute approximate surface area is 175 Å². The fourth-order valence-corrected chi connectivity index (χ4v) is 3.87. The second-order valence-electron chi connectivity index (χ2n) is 8.40. The smallest absolute Gasteiger partial charge is 0.260 e. The molecule has 0 aliphatic carbocycles. The van der Waals surface area contributed by atoms with Crippen molar-refractivity contribution in [2.24, 2.45) is 0 Å². The Morgan fingerprint density at radius 1 is 1.14 bits per heavy atom. The van der Waals surface area contributed by atoms with E-state index in [0.717, 1.165) is 49.4 Å². The van der Waals surface area contributed by atoms with E-state index in [9.17, 15) is 4.79 Å². The zero-order valence-electron chi connectivity index (χ0n) is 18.2. The molecule has 4 nitrogen and oxygen atoms in total. The molecule has 29 heavy (non-hydrogen) atoms. The molecule has 1 heterocycles. The lowest BCUT2D eigenvalue weighted by molar-refractivity contribution is -0.127. The topological polar surface area (TPSA) is 41.6 Å². The molecule has 2 aromatic carbocycles. The highest BCUT2D eigenvalue weighted by Gasteiger charge is 2.18. The van der Waals surface area contributed by atoms with Crippen molar-refractivity contribution in [1.82, 2.24) is 10.2 Å². The van der Waals surface area contributed by atoms with E-state index in [1.54, 1.807) is 0 Å². The van der Waals surface area contributed by atoms with Crippen LogP contribution in [-0.2, 0) is 17.8 Å². The number of nitrogens with zero attached hydrogens (tertiary/aromatic N) is 1. The zero-order chi connectivity index (χ0) is 20.8. The van der Waals surface area contributed by atoms with Gasteiger partial charge in [0.25, 0.3) is 5.91 Å². The second kappa shape index (κ2) is 9.93. The molecule has 1 aliphatic rings. The van der Waals surface area contributed by atoms with Crippen LogP contribution >= 0.6 is 0 Å². The van der Waals surface area contributed by atoms with Gasteiger partial charge in [0.2, 0.25) is 0 Å². The van der Waals surface area contributed by atoms with Crippen molar-refractivity contribution in [2.45, 2.75) is 59.1 Å². The molecular formula is C25H34N2O2. The van der Waals surface area contributed by atoms with E-state index >= 15 is 0 Å². The minimum atomic E-state index is -0.504. The molecular weight excluding hydrogens is 360 g/mol. The molecule has 0 radical (unpaired) electrons. The van der Waals surface area contributed by atoms with Crippen LogP contribution in [0.3, 0.4) is 0 Å². The Kier molecular flexibility index (Phi) is 7.32. The average molecular weight is 395 g/mol. The van der Waals surface area contributed by atoms with Crippen LogP contribution in [0.4, 0.5) is 0 Å². The molecule has 0 fully saturated rings. The van der Waals surface area contributed by atoms with Crippen molar-refractivity contribution in [2.75, 3.05) is 19.6 Å². The number of hydrogen-bond donors (Lipinski definition) is 1. The Bertz CT molecular complexity index is 831. The van der Waals surface area contributed by atoms with Gasteiger partial charge in [-0.2, -0.15) is 0 Å². The number of rotatable bonds is 8. The lowest BCUT2D eigenvalue weighted by Gasteiger charge is -2.28. The second-order valence-corrected chi connectivity index (χ2v) is 8.40. The number of nitrogens with one attached hydrogen (secondary N) is 1. The first kappa shape index (κ1) is 21.4. The molecule has 1 atom stereocenters. The Hall–Kier alpha value is -2.33. The summed E-state index contributed by atoms with van der Waals surface area (Å²) in [6.45, 7) is 11.9. The van der Waals surface area contributed by atoms with E-state index in [0.29, 0.717) is 12.5 Å². The highest BCUT2D eigenvalue weighted by molar-refractivity contribution is 5.80. The molecule has 156 valence electrons. The van der Waals surface area contributed by atoms with Crippen molar-refractivity contribution >= 4 is 5.91 Å². The molecule has 2 aromatic rings. The van der Waals surface area contributed by atoms with Gasteiger partial charge in [-0.05, 0) is 60.9 Å². The minimum Gasteiger partial charge on any atom is -0.481 e. The maximum absolute atomic E-state index is 12.5. The Morgan fingerprint density at radius 3 is 2.66 bits per heavy atom. The molecule has 0 spiro atoms. The molecule has 4 heteroatoms. The third kappa shape index (κ3) is 5.83. The fraction of sp³-hybridized carbons (Fsp3) is 0.480. The van der Waals surface area contributed by atoms with Crippen LogP contribution in [0.1, 0.15) is 55.4 Å². The van der Waals surface area contributed by atoms with Gasteiger partial charge in [0.1, 0.15) is 5.75 Å². The number of benzene rings is 2. The maximum atomic E-state index is 12.5. The van der Waals surface area contributed by atoms with Crippen LogP contribution in [0.25, 0.3) is 0 Å². The highest BCUT2D eigenvalue weighted by Crippen LogP contribution is 2.28. The first-order valence-electron chi connectivity index (χ1n) is 10.8. The summed E-state index contributed by atoms with van der Waals surface area (Å²) in [4.78, 5) is 14.9. The van der Waals surface area contributed by atoms with Gasteiger partial charge in [0.05, 0.1) is 0 Å². The molecule has 0 saturated heterocycles. The number of ether oxygens (including phenoxy) is 1. The summed E-state index contributed by atoms with van der Waals surface area (Å²) in [7, 11) is 0. The first-order valence-corrected chi connectivity index (χ1v) is 10.8. The lowest BCUT2D eigenvalue weighted by atomic mass is 10.00. The van der Waals surface area contributed by atoms with Gasteiger partial charge in [0.15, 0.2) is 6.10 Å². The highest BCUT2D eigenvalue weighted by atomic mass is 16.5.